The molecule has 0 saturated heterocycles. The molecule has 0 aliphatic heterocycles. The highest BCUT2D eigenvalue weighted by atomic mass is 16.5. The van der Waals surface area contributed by atoms with Crippen molar-refractivity contribution < 1.29 is 14.2 Å². The number of nitrogens with one attached hydrogen (secondary N) is 2. The molecule has 2 aromatic carbocycles. The molecule has 0 aliphatic rings. The first-order valence-electron chi connectivity index (χ1n) is 10.5. The molecule has 0 atom stereocenters. The molecule has 0 heterocycles. The predicted octanol–water partition coefficient (Wildman–Crippen LogP) is 3.81. The lowest BCUT2D eigenvalue weighted by atomic mass is 10.1. The second-order valence-electron chi connectivity index (χ2n) is 6.95. The number of guanidine groups is 1. The smallest absolute Gasteiger partial charge is 0.191 e. The van der Waals surface area contributed by atoms with E-state index in [2.05, 4.69) is 66.9 Å². The molecule has 30 heavy (non-hydrogen) atoms. The summed E-state index contributed by atoms with van der Waals surface area (Å²) in [4.78, 5) is 4.72. The minimum absolute atomic E-state index is 0.528. The van der Waals surface area contributed by atoms with Crippen LogP contribution in [0.4, 0.5) is 0 Å². The highest BCUT2D eigenvalue weighted by molar-refractivity contribution is 5.79. The number of methoxy groups -OCH3 is 1. The van der Waals surface area contributed by atoms with Gasteiger partial charge in [-0.3, -0.25) is 0 Å². The molecular weight excluding hydrogens is 378 g/mol. The molecule has 2 rings (SSSR count). The van der Waals surface area contributed by atoms with Crippen LogP contribution in [-0.2, 0) is 29.2 Å². The van der Waals surface area contributed by atoms with Gasteiger partial charge in [0.2, 0.25) is 0 Å². The topological polar surface area (TPSA) is 64.1 Å². The van der Waals surface area contributed by atoms with Gasteiger partial charge in [0.1, 0.15) is 12.4 Å². The van der Waals surface area contributed by atoms with Gasteiger partial charge in [-0.1, -0.05) is 36.4 Å². The van der Waals surface area contributed by atoms with Crippen molar-refractivity contribution in [3.05, 3.63) is 64.7 Å². The lowest BCUT2D eigenvalue weighted by molar-refractivity contribution is 0.134. The summed E-state index contributed by atoms with van der Waals surface area (Å²) in [6.45, 7) is 10.6. The van der Waals surface area contributed by atoms with Crippen LogP contribution < -0.4 is 15.4 Å². The summed E-state index contributed by atoms with van der Waals surface area (Å²) >= 11 is 0. The van der Waals surface area contributed by atoms with E-state index in [4.69, 9.17) is 19.2 Å². The summed E-state index contributed by atoms with van der Waals surface area (Å²) in [5.74, 6) is 1.65. The summed E-state index contributed by atoms with van der Waals surface area (Å²) in [5.41, 5.74) is 4.59. The molecule has 0 spiro atoms. The quantitative estimate of drug-likeness (QED) is 0.315. The maximum Gasteiger partial charge on any atom is 0.191 e. The Morgan fingerprint density at radius 1 is 0.967 bits per heavy atom. The third-order valence-electron chi connectivity index (χ3n) is 4.47. The minimum atomic E-state index is 0.528. The Labute approximate surface area is 180 Å². The molecule has 164 valence electrons. The van der Waals surface area contributed by atoms with Gasteiger partial charge in [0.15, 0.2) is 5.96 Å². The van der Waals surface area contributed by atoms with Crippen LogP contribution in [0.15, 0.2) is 47.5 Å². The number of benzene rings is 2. The third kappa shape index (κ3) is 8.43. The van der Waals surface area contributed by atoms with Gasteiger partial charge in [0.05, 0.1) is 19.8 Å². The second-order valence-corrected chi connectivity index (χ2v) is 6.95. The summed E-state index contributed by atoms with van der Waals surface area (Å²) < 4.78 is 16.4. The minimum Gasteiger partial charge on any atom is -0.491 e. The summed E-state index contributed by atoms with van der Waals surface area (Å²) in [6.07, 6.45) is 0. The number of aryl methyl sites for hydroxylation is 1. The fourth-order valence-corrected chi connectivity index (χ4v) is 2.83. The zero-order valence-corrected chi connectivity index (χ0v) is 18.7. The number of hydrogen-bond donors (Lipinski definition) is 2. The highest BCUT2D eigenvalue weighted by Gasteiger charge is 2.06. The van der Waals surface area contributed by atoms with Crippen LogP contribution in [0.25, 0.3) is 0 Å². The largest absolute Gasteiger partial charge is 0.491 e. The van der Waals surface area contributed by atoms with E-state index in [1.54, 1.807) is 7.11 Å². The van der Waals surface area contributed by atoms with Crippen molar-refractivity contribution in [1.82, 2.24) is 10.6 Å². The normalized spacial score (nSPS) is 11.4. The maximum atomic E-state index is 5.88. The maximum absolute atomic E-state index is 5.88. The first-order valence-corrected chi connectivity index (χ1v) is 10.5. The highest BCUT2D eigenvalue weighted by Crippen LogP contribution is 2.20. The Hall–Kier alpha value is -2.57. The Kier molecular flexibility index (Phi) is 10.8. The van der Waals surface area contributed by atoms with Crippen molar-refractivity contribution in [3.8, 4) is 5.75 Å². The van der Waals surface area contributed by atoms with Gasteiger partial charge in [-0.2, -0.15) is 0 Å². The van der Waals surface area contributed by atoms with E-state index in [1.807, 2.05) is 6.92 Å². The van der Waals surface area contributed by atoms with Crippen molar-refractivity contribution in [1.29, 1.82) is 0 Å². The van der Waals surface area contributed by atoms with Crippen LogP contribution in [0.3, 0.4) is 0 Å². The molecule has 0 unspecified atom stereocenters. The average Bonchev–Trinajstić information content (AvgIpc) is 2.76. The van der Waals surface area contributed by atoms with Crippen molar-refractivity contribution >= 4 is 5.96 Å². The van der Waals surface area contributed by atoms with Crippen LogP contribution >= 0.6 is 0 Å². The van der Waals surface area contributed by atoms with Gasteiger partial charge in [0.25, 0.3) is 0 Å². The fourth-order valence-electron chi connectivity index (χ4n) is 2.83. The Bertz CT molecular complexity index is 776. The number of nitrogens with zero attached hydrogens (tertiary/aromatic N) is 1. The molecule has 6 heteroatoms. The van der Waals surface area contributed by atoms with Gasteiger partial charge >= 0.3 is 0 Å². The lowest BCUT2D eigenvalue weighted by Gasteiger charge is -2.15. The van der Waals surface area contributed by atoms with E-state index < -0.39 is 0 Å². The van der Waals surface area contributed by atoms with Gasteiger partial charge in [-0.25, -0.2) is 4.99 Å². The van der Waals surface area contributed by atoms with E-state index in [-0.39, 0.29) is 0 Å². The van der Waals surface area contributed by atoms with Crippen LogP contribution in [0, 0.1) is 6.92 Å². The monoisotopic (exact) mass is 413 g/mol. The van der Waals surface area contributed by atoms with E-state index in [1.165, 1.54) is 11.1 Å². The van der Waals surface area contributed by atoms with Gasteiger partial charge in [-0.15, -0.1) is 0 Å². The van der Waals surface area contributed by atoms with Crippen molar-refractivity contribution in [2.24, 2.45) is 4.99 Å². The molecule has 0 aliphatic carbocycles. The first-order chi connectivity index (χ1) is 14.7. The predicted molar refractivity (Wildman–Crippen MR) is 122 cm³/mol. The molecule has 0 aromatic heterocycles. The number of ether oxygens (including phenoxy) is 3. The molecule has 2 N–H and O–H groups in total. The fraction of sp³-hybridized carbons (Fsp3) is 0.458. The zero-order valence-electron chi connectivity index (χ0n) is 18.7. The number of aliphatic imine (C=N–C) groups is 1. The summed E-state index contributed by atoms with van der Waals surface area (Å²) in [6, 6.07) is 14.6. The Morgan fingerprint density at radius 2 is 1.73 bits per heavy atom. The van der Waals surface area contributed by atoms with E-state index in [0.717, 1.165) is 36.0 Å². The molecule has 0 amide bonds. The van der Waals surface area contributed by atoms with Crippen LogP contribution in [0.1, 0.15) is 36.1 Å². The Balaban J connectivity index is 1.98. The molecule has 0 fully saturated rings. The van der Waals surface area contributed by atoms with Crippen LogP contribution in [0.2, 0.25) is 0 Å². The molecule has 0 saturated carbocycles. The van der Waals surface area contributed by atoms with E-state index >= 15 is 0 Å². The SMILES string of the molecule is CCNC(=NCc1ccc(COCC)cc1)NCc1ccc(C)cc1OCCOC. The van der Waals surface area contributed by atoms with Crippen molar-refractivity contribution in [3.63, 3.8) is 0 Å². The van der Waals surface area contributed by atoms with Crippen molar-refractivity contribution in [2.45, 2.75) is 40.5 Å². The standard InChI is InChI=1S/C24H35N3O3/c1-5-25-24(26-16-20-8-10-21(11-9-20)18-29-6-2)27-17-22-12-7-19(3)15-23(22)30-14-13-28-4/h7-12,15H,5-6,13-14,16-18H2,1-4H3,(H2,25,26,27). The first kappa shape index (κ1) is 23.7. The van der Waals surface area contributed by atoms with E-state index in [0.29, 0.717) is 32.9 Å². The summed E-state index contributed by atoms with van der Waals surface area (Å²) in [5, 5.41) is 6.71. The molecule has 2 aromatic rings. The second kappa shape index (κ2) is 13.6. The zero-order chi connectivity index (χ0) is 21.6. The van der Waals surface area contributed by atoms with Crippen LogP contribution in [-0.4, -0.2) is 39.4 Å². The third-order valence-corrected chi connectivity index (χ3v) is 4.47. The number of hydrogen-bond acceptors (Lipinski definition) is 4. The molecular formula is C24H35N3O3. The van der Waals surface area contributed by atoms with Crippen LogP contribution in [0.5, 0.6) is 5.75 Å². The molecule has 0 radical (unpaired) electrons. The Morgan fingerprint density at radius 3 is 2.43 bits per heavy atom. The lowest BCUT2D eigenvalue weighted by Crippen LogP contribution is -2.36. The average molecular weight is 414 g/mol. The van der Waals surface area contributed by atoms with Gasteiger partial charge in [0, 0.05) is 32.4 Å². The van der Waals surface area contributed by atoms with Crippen molar-refractivity contribution in [2.75, 3.05) is 33.5 Å². The summed E-state index contributed by atoms with van der Waals surface area (Å²) in [7, 11) is 1.67. The molecule has 6 nitrogen and oxygen atoms in total. The van der Waals surface area contributed by atoms with E-state index in [9.17, 15) is 0 Å². The molecule has 0 bridgehead atoms. The number of rotatable bonds is 12. The van der Waals surface area contributed by atoms with Gasteiger partial charge < -0.3 is 24.8 Å². The van der Waals surface area contributed by atoms with Gasteiger partial charge in [-0.05, 0) is 43.5 Å².